The highest BCUT2D eigenvalue weighted by atomic mass is 32.1. The largest absolute Gasteiger partial charge is 0.329 e. The second kappa shape index (κ2) is 6.11. The lowest BCUT2D eigenvalue weighted by Crippen LogP contribution is -2.28. The van der Waals surface area contributed by atoms with Gasteiger partial charge >= 0.3 is 0 Å². The zero-order valence-corrected chi connectivity index (χ0v) is 11.8. The van der Waals surface area contributed by atoms with Gasteiger partial charge in [-0.2, -0.15) is 0 Å². The number of hydrogen-bond acceptors (Lipinski definition) is 3. The average Bonchev–Trinajstić information content (AvgIpc) is 2.70. The first-order chi connectivity index (χ1) is 8.76. The molecule has 0 aromatic carbocycles. The minimum Gasteiger partial charge on any atom is -0.329 e. The highest BCUT2D eigenvalue weighted by Crippen LogP contribution is 2.12. The summed E-state index contributed by atoms with van der Waals surface area (Å²) in [5, 5.41) is 0. The van der Waals surface area contributed by atoms with Crippen molar-refractivity contribution in [2.45, 2.75) is 26.8 Å². The van der Waals surface area contributed by atoms with Crippen LogP contribution in [0.2, 0.25) is 0 Å². The van der Waals surface area contributed by atoms with Crippen molar-refractivity contribution in [3.63, 3.8) is 0 Å². The van der Waals surface area contributed by atoms with Crippen molar-refractivity contribution in [3.8, 4) is 0 Å². The monoisotopic (exact) mass is 264 g/mol. The number of imidazole rings is 1. The fourth-order valence-corrected chi connectivity index (χ4v) is 2.52. The van der Waals surface area contributed by atoms with Crippen LogP contribution in [0.15, 0.2) is 18.5 Å². The van der Waals surface area contributed by atoms with Crippen LogP contribution in [0.3, 0.4) is 0 Å². The zero-order valence-electron chi connectivity index (χ0n) is 11.0. The van der Waals surface area contributed by atoms with Crippen LogP contribution >= 0.6 is 12.2 Å². The molecule has 0 unspecified atom stereocenters. The topological polar surface area (TPSA) is 36.9 Å². The van der Waals surface area contributed by atoms with E-state index >= 15 is 0 Å². The maximum absolute atomic E-state index is 5.37. The molecule has 0 aliphatic carbocycles. The van der Waals surface area contributed by atoms with Crippen molar-refractivity contribution >= 4 is 23.3 Å². The fraction of sp³-hybridized carbons (Fsp3) is 0.538. The molecule has 2 aromatic rings. The average molecular weight is 264 g/mol. The second-order valence-electron chi connectivity index (χ2n) is 4.41. The van der Waals surface area contributed by atoms with Crippen LogP contribution in [0.25, 0.3) is 11.0 Å². The number of fused-ring (bicyclic) bond motifs is 1. The standard InChI is InChI=1S/C13H20N4S/c1-3-7-16(4-2)8-9-17-12-5-6-14-10-11(12)15-13(17)18/h5-6,10H,3-4,7-9H2,1-2H3,(H,15,18). The molecule has 98 valence electrons. The van der Waals surface area contributed by atoms with Crippen molar-refractivity contribution in [2.75, 3.05) is 19.6 Å². The van der Waals surface area contributed by atoms with Crippen molar-refractivity contribution in [1.29, 1.82) is 0 Å². The fourth-order valence-electron chi connectivity index (χ4n) is 2.22. The van der Waals surface area contributed by atoms with Gasteiger partial charge in [0.2, 0.25) is 0 Å². The molecule has 0 amide bonds. The van der Waals surface area contributed by atoms with Crippen LogP contribution in [-0.2, 0) is 6.54 Å². The Morgan fingerprint density at radius 1 is 1.39 bits per heavy atom. The molecule has 0 saturated carbocycles. The van der Waals surface area contributed by atoms with E-state index in [1.54, 1.807) is 0 Å². The normalized spacial score (nSPS) is 11.5. The molecule has 0 spiro atoms. The highest BCUT2D eigenvalue weighted by Gasteiger charge is 2.06. The molecule has 0 fully saturated rings. The first-order valence-corrected chi connectivity index (χ1v) is 6.92. The Kier molecular flexibility index (Phi) is 4.49. The summed E-state index contributed by atoms with van der Waals surface area (Å²) in [6, 6.07) is 2.01. The third kappa shape index (κ3) is 2.79. The number of nitrogens with zero attached hydrogens (tertiary/aromatic N) is 3. The van der Waals surface area contributed by atoms with E-state index in [2.05, 4.69) is 33.3 Å². The van der Waals surface area contributed by atoms with Crippen LogP contribution < -0.4 is 0 Å². The number of aromatic nitrogens is 3. The Labute approximate surface area is 113 Å². The van der Waals surface area contributed by atoms with E-state index in [-0.39, 0.29) is 0 Å². The van der Waals surface area contributed by atoms with Crippen LogP contribution in [-0.4, -0.2) is 39.1 Å². The van der Waals surface area contributed by atoms with E-state index in [0.29, 0.717) is 0 Å². The van der Waals surface area contributed by atoms with Crippen LogP contribution in [0.5, 0.6) is 0 Å². The molecule has 0 aliphatic rings. The number of nitrogens with one attached hydrogen (secondary N) is 1. The predicted octanol–water partition coefficient (Wildman–Crippen LogP) is 2.83. The van der Waals surface area contributed by atoms with Crippen molar-refractivity contribution in [1.82, 2.24) is 19.4 Å². The predicted molar refractivity (Wildman–Crippen MR) is 77.3 cm³/mol. The number of likely N-dealkylation sites (N-methyl/N-ethyl adjacent to an activating group) is 1. The van der Waals surface area contributed by atoms with E-state index in [9.17, 15) is 0 Å². The quantitative estimate of drug-likeness (QED) is 0.815. The maximum atomic E-state index is 5.37. The highest BCUT2D eigenvalue weighted by molar-refractivity contribution is 7.71. The summed E-state index contributed by atoms with van der Waals surface area (Å²) in [6.07, 6.45) is 4.83. The molecule has 18 heavy (non-hydrogen) atoms. The number of pyridine rings is 1. The smallest absolute Gasteiger partial charge is 0.178 e. The summed E-state index contributed by atoms with van der Waals surface area (Å²) >= 11 is 5.37. The Balaban J connectivity index is 2.16. The van der Waals surface area contributed by atoms with Gasteiger partial charge in [-0.3, -0.25) is 4.98 Å². The van der Waals surface area contributed by atoms with Crippen molar-refractivity contribution < 1.29 is 0 Å². The molecule has 4 nitrogen and oxygen atoms in total. The molecule has 1 N–H and O–H groups in total. The van der Waals surface area contributed by atoms with Gasteiger partial charge in [0.05, 0.1) is 17.2 Å². The summed E-state index contributed by atoms with van der Waals surface area (Å²) in [5.41, 5.74) is 2.16. The lowest BCUT2D eigenvalue weighted by molar-refractivity contribution is 0.277. The lowest BCUT2D eigenvalue weighted by atomic mass is 10.3. The molecule has 0 aliphatic heterocycles. The van der Waals surface area contributed by atoms with Crippen molar-refractivity contribution in [3.05, 3.63) is 23.2 Å². The van der Waals surface area contributed by atoms with Gasteiger partial charge in [-0.25, -0.2) is 0 Å². The number of hydrogen-bond donors (Lipinski definition) is 1. The second-order valence-corrected chi connectivity index (χ2v) is 4.80. The summed E-state index contributed by atoms with van der Waals surface area (Å²) in [5.74, 6) is 0. The molecule has 2 heterocycles. The maximum Gasteiger partial charge on any atom is 0.178 e. The van der Waals surface area contributed by atoms with Gasteiger partial charge < -0.3 is 14.5 Å². The number of rotatable bonds is 6. The summed E-state index contributed by atoms with van der Waals surface area (Å²) in [7, 11) is 0. The molecule has 0 radical (unpaired) electrons. The molecular weight excluding hydrogens is 244 g/mol. The Morgan fingerprint density at radius 2 is 2.22 bits per heavy atom. The van der Waals surface area contributed by atoms with Crippen LogP contribution in [0.4, 0.5) is 0 Å². The first-order valence-electron chi connectivity index (χ1n) is 6.51. The number of H-pyrrole nitrogens is 1. The third-order valence-electron chi connectivity index (χ3n) is 3.20. The minimum absolute atomic E-state index is 0.783. The summed E-state index contributed by atoms with van der Waals surface area (Å²) in [4.78, 5) is 9.75. The zero-order chi connectivity index (χ0) is 13.0. The molecule has 0 bridgehead atoms. The Morgan fingerprint density at radius 3 is 2.94 bits per heavy atom. The van der Waals surface area contributed by atoms with Gasteiger partial charge in [-0.05, 0) is 37.8 Å². The number of aromatic amines is 1. The van der Waals surface area contributed by atoms with E-state index in [0.717, 1.165) is 42.0 Å². The molecule has 2 rings (SSSR count). The van der Waals surface area contributed by atoms with Gasteiger partial charge in [-0.15, -0.1) is 0 Å². The minimum atomic E-state index is 0.783. The summed E-state index contributed by atoms with van der Waals surface area (Å²) < 4.78 is 2.94. The SMILES string of the molecule is CCCN(CC)CCn1c(=S)[nH]c2cnccc21. The van der Waals surface area contributed by atoms with Gasteiger partial charge in [0, 0.05) is 19.3 Å². The molecule has 5 heteroatoms. The van der Waals surface area contributed by atoms with Gasteiger partial charge in [-0.1, -0.05) is 13.8 Å². The van der Waals surface area contributed by atoms with E-state index < -0.39 is 0 Å². The molecule has 0 saturated heterocycles. The Hall–Kier alpha value is -1.20. The molecule has 0 atom stereocenters. The van der Waals surface area contributed by atoms with Gasteiger partial charge in [0.15, 0.2) is 4.77 Å². The van der Waals surface area contributed by atoms with Crippen LogP contribution in [0, 0.1) is 4.77 Å². The van der Waals surface area contributed by atoms with Gasteiger partial charge in [0.1, 0.15) is 0 Å². The van der Waals surface area contributed by atoms with Gasteiger partial charge in [0.25, 0.3) is 0 Å². The van der Waals surface area contributed by atoms with E-state index in [1.807, 2.05) is 18.5 Å². The third-order valence-corrected chi connectivity index (χ3v) is 3.52. The lowest BCUT2D eigenvalue weighted by Gasteiger charge is -2.19. The van der Waals surface area contributed by atoms with E-state index in [1.165, 1.54) is 6.42 Å². The van der Waals surface area contributed by atoms with Crippen molar-refractivity contribution in [2.24, 2.45) is 0 Å². The van der Waals surface area contributed by atoms with E-state index in [4.69, 9.17) is 12.2 Å². The Bertz CT molecular complexity index is 557. The van der Waals surface area contributed by atoms with Crippen LogP contribution in [0.1, 0.15) is 20.3 Å². The first kappa shape index (κ1) is 13.2. The summed E-state index contributed by atoms with van der Waals surface area (Å²) in [6.45, 7) is 8.61. The molecular formula is C13H20N4S. The molecule has 2 aromatic heterocycles.